The van der Waals surface area contributed by atoms with Crippen molar-refractivity contribution in [2.45, 2.75) is 63.5 Å². The molecule has 0 N–H and O–H groups in total. The van der Waals surface area contributed by atoms with Crippen LogP contribution in [0.15, 0.2) is 36.4 Å². The molecule has 4 atom stereocenters. The largest absolute Gasteiger partial charge is 0.493 e. The van der Waals surface area contributed by atoms with Crippen LogP contribution in [0.1, 0.15) is 71.1 Å². The van der Waals surface area contributed by atoms with Gasteiger partial charge in [-0.2, -0.15) is 0 Å². The average molecular weight is 1040 g/mol. The zero-order chi connectivity index (χ0) is 53.7. The standard InChI is InChI=1S/C56H78N2O16/c1-57(23-19-37-33-45(65-7)53(69-11)55(71-13)49(37)39(57)27-35-29-41(61-3)51(67-9)42(30-35)62-4)21-15-25-73-47(59)17-18-48(60)74-26-16-22-58(2)24-20-38-34-46(66-8)54(70-12)56(72-14)50(38)40(58)28-36-31-43(63-5)52(68-10)44(32-36)64-6/h29-34,39-40H,15-28H2,1-14H3/q+2/t39-,40-,57-,58-/m1/s1. The molecule has 18 nitrogen and oxygen atoms in total. The Morgan fingerprint density at radius 2 is 0.716 bits per heavy atom. The number of quaternary nitrogens is 2. The summed E-state index contributed by atoms with van der Waals surface area (Å²) < 4.78 is 82.2. The highest BCUT2D eigenvalue weighted by molar-refractivity contribution is 5.77. The van der Waals surface area contributed by atoms with E-state index in [1.165, 1.54) is 0 Å². The number of fused-ring (bicyclic) bond motifs is 2. The predicted molar refractivity (Wildman–Crippen MR) is 277 cm³/mol. The highest BCUT2D eigenvalue weighted by atomic mass is 16.6. The van der Waals surface area contributed by atoms with Gasteiger partial charge in [-0.3, -0.25) is 9.59 Å². The number of benzene rings is 4. The molecule has 74 heavy (non-hydrogen) atoms. The van der Waals surface area contributed by atoms with E-state index in [0.29, 0.717) is 117 Å². The highest BCUT2D eigenvalue weighted by Crippen LogP contribution is 2.53. The number of carbonyl (C=O) groups excluding carboxylic acids is 2. The molecule has 406 valence electrons. The van der Waals surface area contributed by atoms with E-state index in [1.807, 2.05) is 36.4 Å². The molecule has 0 spiro atoms. The minimum atomic E-state index is -0.457. The van der Waals surface area contributed by atoms with Crippen LogP contribution in [0.25, 0.3) is 0 Å². The fraction of sp³-hybridized carbons (Fsp3) is 0.536. The van der Waals surface area contributed by atoms with Gasteiger partial charge in [0.25, 0.3) is 0 Å². The SMILES string of the molecule is COc1cc(C[C@@H]2c3c(cc(OC)c(OC)c3OC)CC[N@@+]2(C)CCCOC(=O)CCC(=O)OCCC[N@+]2(C)CCc3cc(OC)c(OC)c(OC)c3[C@H]2Cc2cc(OC)c(OC)c(OC)c2)cc(OC)c1OC. The van der Waals surface area contributed by atoms with Crippen molar-refractivity contribution in [3.8, 4) is 69.0 Å². The maximum absolute atomic E-state index is 13.1. The van der Waals surface area contributed by atoms with Gasteiger partial charge in [-0.1, -0.05) is 0 Å². The fourth-order valence-electron chi connectivity index (χ4n) is 11.0. The van der Waals surface area contributed by atoms with Crippen LogP contribution in [-0.4, -0.2) is 160 Å². The number of hydrogen-bond donors (Lipinski definition) is 0. The molecule has 0 saturated heterocycles. The van der Waals surface area contributed by atoms with Gasteiger partial charge in [0.1, 0.15) is 12.1 Å². The summed E-state index contributed by atoms with van der Waals surface area (Å²) in [6, 6.07) is 11.7. The molecule has 2 aliphatic rings. The minimum Gasteiger partial charge on any atom is -0.493 e. The van der Waals surface area contributed by atoms with Crippen LogP contribution in [0.4, 0.5) is 0 Å². The van der Waals surface area contributed by atoms with Gasteiger partial charge >= 0.3 is 11.9 Å². The smallest absolute Gasteiger partial charge is 0.306 e. The lowest BCUT2D eigenvalue weighted by Crippen LogP contribution is -2.53. The molecule has 6 rings (SSSR count). The van der Waals surface area contributed by atoms with Crippen molar-refractivity contribution in [2.24, 2.45) is 0 Å². The van der Waals surface area contributed by atoms with E-state index in [9.17, 15) is 9.59 Å². The molecule has 0 amide bonds. The molecule has 18 heteroatoms. The zero-order valence-electron chi connectivity index (χ0n) is 45.9. The molecule has 0 bridgehead atoms. The fourth-order valence-corrected chi connectivity index (χ4v) is 11.0. The molecule has 0 unspecified atom stereocenters. The first-order valence-electron chi connectivity index (χ1n) is 24.9. The summed E-state index contributed by atoms with van der Waals surface area (Å²) in [5.74, 6) is 5.85. The molecule has 4 aromatic carbocycles. The number of carbonyl (C=O) groups is 2. The van der Waals surface area contributed by atoms with Gasteiger partial charge < -0.3 is 75.3 Å². The Kier molecular flexibility index (Phi) is 19.5. The monoisotopic (exact) mass is 1030 g/mol. The van der Waals surface area contributed by atoms with Gasteiger partial charge in [0.05, 0.1) is 163 Å². The topological polar surface area (TPSA) is 163 Å². The lowest BCUT2D eigenvalue weighted by Gasteiger charge is -2.46. The second kappa shape index (κ2) is 25.5. The molecular weight excluding hydrogens is 957 g/mol. The molecule has 4 aromatic rings. The molecular formula is C56H78N2O16+2. The Balaban J connectivity index is 1.08. The van der Waals surface area contributed by atoms with Crippen molar-refractivity contribution in [1.82, 2.24) is 0 Å². The normalized spacial score (nSPS) is 18.7. The Labute approximate surface area is 436 Å². The van der Waals surface area contributed by atoms with Crippen LogP contribution in [0.5, 0.6) is 69.0 Å². The Morgan fingerprint density at radius 1 is 0.419 bits per heavy atom. The number of esters is 2. The number of rotatable bonds is 27. The quantitative estimate of drug-likeness (QED) is 0.0324. The second-order valence-corrected chi connectivity index (χ2v) is 18.9. The third-order valence-corrected chi connectivity index (χ3v) is 14.9. The third kappa shape index (κ3) is 12.0. The van der Waals surface area contributed by atoms with Crippen molar-refractivity contribution < 1.29 is 84.9 Å². The lowest BCUT2D eigenvalue weighted by atomic mass is 9.85. The van der Waals surface area contributed by atoms with Crippen LogP contribution in [-0.2, 0) is 44.7 Å². The van der Waals surface area contributed by atoms with Crippen LogP contribution in [0.2, 0.25) is 0 Å². The number of likely N-dealkylation sites (N-methyl/N-ethyl adjacent to an activating group) is 2. The van der Waals surface area contributed by atoms with Gasteiger partial charge in [-0.15, -0.1) is 0 Å². The van der Waals surface area contributed by atoms with Gasteiger partial charge in [-0.05, 0) is 58.7 Å². The van der Waals surface area contributed by atoms with Gasteiger partial charge in [0, 0.05) is 38.5 Å². The first kappa shape index (κ1) is 56.6. The Hall–Kier alpha value is -6.66. The highest BCUT2D eigenvalue weighted by Gasteiger charge is 2.45. The van der Waals surface area contributed by atoms with Crippen molar-refractivity contribution in [3.05, 3.63) is 69.8 Å². The Bertz CT molecular complexity index is 2360. The van der Waals surface area contributed by atoms with Gasteiger partial charge in [0.2, 0.25) is 23.0 Å². The lowest BCUT2D eigenvalue weighted by molar-refractivity contribution is -0.941. The number of ether oxygens (including phenoxy) is 14. The van der Waals surface area contributed by atoms with E-state index in [-0.39, 0.29) is 38.1 Å². The van der Waals surface area contributed by atoms with E-state index in [2.05, 4.69) is 14.1 Å². The summed E-state index contributed by atoms with van der Waals surface area (Å²) in [7, 11) is 23.7. The van der Waals surface area contributed by atoms with Crippen molar-refractivity contribution in [3.63, 3.8) is 0 Å². The zero-order valence-corrected chi connectivity index (χ0v) is 45.9. The maximum atomic E-state index is 13.1. The predicted octanol–water partition coefficient (Wildman–Crippen LogP) is 7.71. The summed E-state index contributed by atoms with van der Waals surface area (Å²) in [6.45, 7) is 3.35. The van der Waals surface area contributed by atoms with Crippen molar-refractivity contribution in [1.29, 1.82) is 0 Å². The van der Waals surface area contributed by atoms with Crippen LogP contribution < -0.4 is 56.8 Å². The number of nitrogens with zero attached hydrogens (tertiary/aromatic N) is 2. The second-order valence-electron chi connectivity index (χ2n) is 18.9. The van der Waals surface area contributed by atoms with E-state index in [1.54, 1.807) is 85.3 Å². The first-order valence-corrected chi connectivity index (χ1v) is 24.9. The molecule has 0 aromatic heterocycles. The maximum Gasteiger partial charge on any atom is 0.306 e. The summed E-state index contributed by atoms with van der Waals surface area (Å²) in [6.07, 6.45) is 3.69. The van der Waals surface area contributed by atoms with E-state index >= 15 is 0 Å². The number of hydrogen-bond acceptors (Lipinski definition) is 16. The molecule has 2 heterocycles. The van der Waals surface area contributed by atoms with Crippen LogP contribution in [0.3, 0.4) is 0 Å². The van der Waals surface area contributed by atoms with Gasteiger partial charge in [-0.25, -0.2) is 0 Å². The molecule has 0 radical (unpaired) electrons. The van der Waals surface area contributed by atoms with E-state index < -0.39 is 11.9 Å². The van der Waals surface area contributed by atoms with Crippen LogP contribution >= 0.6 is 0 Å². The van der Waals surface area contributed by atoms with E-state index in [4.69, 9.17) is 66.3 Å². The minimum absolute atomic E-state index is 0.0898. The van der Waals surface area contributed by atoms with E-state index in [0.717, 1.165) is 59.3 Å². The molecule has 2 aliphatic heterocycles. The summed E-state index contributed by atoms with van der Waals surface area (Å²) in [4.78, 5) is 26.2. The molecule has 0 aliphatic carbocycles. The third-order valence-electron chi connectivity index (χ3n) is 14.9. The van der Waals surface area contributed by atoms with Gasteiger partial charge in [0.15, 0.2) is 46.0 Å². The first-order chi connectivity index (χ1) is 35.7. The van der Waals surface area contributed by atoms with Crippen LogP contribution in [0, 0.1) is 0 Å². The summed E-state index contributed by atoms with van der Waals surface area (Å²) in [5, 5.41) is 0. The number of methoxy groups -OCH3 is 12. The van der Waals surface area contributed by atoms with Crippen molar-refractivity contribution >= 4 is 11.9 Å². The summed E-state index contributed by atoms with van der Waals surface area (Å²) in [5.41, 5.74) is 6.22. The summed E-state index contributed by atoms with van der Waals surface area (Å²) >= 11 is 0. The molecule has 0 saturated carbocycles. The van der Waals surface area contributed by atoms with Crippen molar-refractivity contribution in [2.75, 3.05) is 139 Å². The average Bonchev–Trinajstić information content (AvgIpc) is 3.42. The Morgan fingerprint density at radius 3 is 1.00 bits per heavy atom. The molecule has 0 fully saturated rings.